The van der Waals surface area contributed by atoms with Gasteiger partial charge in [0.2, 0.25) is 0 Å². The Kier molecular flexibility index (Phi) is 5.36. The molecule has 1 unspecified atom stereocenters. The number of hydrogen-bond donors (Lipinski definition) is 0. The lowest BCUT2D eigenvalue weighted by Gasteiger charge is -2.29. The fraction of sp³-hybridized carbons (Fsp3) is 0.533. The molecule has 1 aromatic carbocycles. The predicted molar refractivity (Wildman–Crippen MR) is 82.2 cm³/mol. The van der Waals surface area contributed by atoms with Gasteiger partial charge >= 0.3 is 0 Å². The molecule has 5 nitrogen and oxygen atoms in total. The van der Waals surface area contributed by atoms with Crippen LogP contribution in [0.25, 0.3) is 0 Å². The molecule has 1 amide bonds. The minimum atomic E-state index is -1.10. The molecule has 1 atom stereocenters. The highest BCUT2D eigenvalue weighted by molar-refractivity contribution is 7.91. The van der Waals surface area contributed by atoms with Gasteiger partial charge in [0.25, 0.3) is 5.91 Å². The summed E-state index contributed by atoms with van der Waals surface area (Å²) in [5.74, 6) is 1.46. The third kappa shape index (κ3) is 3.83. The van der Waals surface area contributed by atoms with Gasteiger partial charge < -0.3 is 18.9 Å². The van der Waals surface area contributed by atoms with Gasteiger partial charge in [-0.05, 0) is 47.8 Å². The maximum atomic E-state index is 12.0. The molecule has 2 rings (SSSR count). The topological polar surface area (TPSA) is 61.8 Å². The van der Waals surface area contributed by atoms with E-state index >= 15 is 0 Å². The first-order valence-corrected chi connectivity index (χ1v) is 8.68. The largest absolute Gasteiger partial charge is 0.616 e. The SMILES string of the molecule is CCOc1cc2c(cc1OC)CCN(C(=O)C[S+](C)[O-])C2. The minimum absolute atomic E-state index is 0.0599. The zero-order chi connectivity index (χ0) is 15.4. The highest BCUT2D eigenvalue weighted by Crippen LogP contribution is 2.33. The number of fused-ring (bicyclic) bond motifs is 1. The van der Waals surface area contributed by atoms with Crippen LogP contribution in [0.2, 0.25) is 0 Å². The van der Waals surface area contributed by atoms with Crippen LogP contribution in [0.4, 0.5) is 0 Å². The molecule has 21 heavy (non-hydrogen) atoms. The number of rotatable bonds is 5. The summed E-state index contributed by atoms with van der Waals surface area (Å²) >= 11 is -1.10. The molecule has 0 bridgehead atoms. The Morgan fingerprint density at radius 3 is 2.71 bits per heavy atom. The molecule has 6 heteroatoms. The van der Waals surface area contributed by atoms with Crippen molar-refractivity contribution in [2.45, 2.75) is 19.9 Å². The van der Waals surface area contributed by atoms with E-state index < -0.39 is 11.2 Å². The Bertz CT molecular complexity index is 519. The first-order chi connectivity index (χ1) is 10.0. The Morgan fingerprint density at radius 1 is 1.38 bits per heavy atom. The Hall–Kier alpha value is -1.40. The van der Waals surface area contributed by atoms with Crippen molar-refractivity contribution in [3.63, 3.8) is 0 Å². The second-order valence-corrected chi connectivity index (χ2v) is 6.42. The van der Waals surface area contributed by atoms with Crippen molar-refractivity contribution < 1.29 is 18.8 Å². The zero-order valence-corrected chi connectivity index (χ0v) is 13.5. The van der Waals surface area contributed by atoms with E-state index in [2.05, 4.69) is 0 Å². The number of nitrogens with zero attached hydrogens (tertiary/aromatic N) is 1. The smallest absolute Gasteiger partial charge is 0.272 e. The lowest BCUT2D eigenvalue weighted by atomic mass is 9.99. The van der Waals surface area contributed by atoms with Crippen molar-refractivity contribution in [2.75, 3.05) is 32.3 Å². The fourth-order valence-electron chi connectivity index (χ4n) is 2.47. The number of benzene rings is 1. The number of hydrogen-bond acceptors (Lipinski definition) is 4. The second-order valence-electron chi connectivity index (χ2n) is 4.99. The summed E-state index contributed by atoms with van der Waals surface area (Å²) < 4.78 is 22.1. The van der Waals surface area contributed by atoms with Gasteiger partial charge in [-0.1, -0.05) is 0 Å². The van der Waals surface area contributed by atoms with E-state index in [1.807, 2.05) is 19.1 Å². The minimum Gasteiger partial charge on any atom is -0.616 e. The van der Waals surface area contributed by atoms with E-state index in [0.717, 1.165) is 17.7 Å². The van der Waals surface area contributed by atoms with Crippen molar-refractivity contribution in [1.82, 2.24) is 4.90 Å². The summed E-state index contributed by atoms with van der Waals surface area (Å²) in [6.45, 7) is 3.67. The van der Waals surface area contributed by atoms with Gasteiger partial charge in [-0.15, -0.1) is 0 Å². The summed E-state index contributed by atoms with van der Waals surface area (Å²) in [6, 6.07) is 3.93. The van der Waals surface area contributed by atoms with Crippen molar-refractivity contribution in [3.8, 4) is 11.5 Å². The molecular formula is C15H21NO4S. The van der Waals surface area contributed by atoms with Crippen LogP contribution in [0.5, 0.6) is 11.5 Å². The molecule has 116 valence electrons. The number of carbonyl (C=O) groups is 1. The quantitative estimate of drug-likeness (QED) is 0.770. The van der Waals surface area contributed by atoms with E-state index in [1.165, 1.54) is 5.56 Å². The second kappa shape index (κ2) is 7.04. The molecule has 0 saturated heterocycles. The Labute approximate surface area is 128 Å². The number of carbonyl (C=O) groups excluding carboxylic acids is 1. The third-order valence-corrected chi connectivity index (χ3v) is 4.13. The van der Waals surface area contributed by atoms with Gasteiger partial charge in [0, 0.05) is 13.1 Å². The summed E-state index contributed by atoms with van der Waals surface area (Å²) in [5.41, 5.74) is 2.25. The van der Waals surface area contributed by atoms with Crippen LogP contribution in [0.15, 0.2) is 12.1 Å². The van der Waals surface area contributed by atoms with Crippen molar-refractivity contribution in [2.24, 2.45) is 0 Å². The van der Waals surface area contributed by atoms with Gasteiger partial charge in [0.05, 0.1) is 20.0 Å². The van der Waals surface area contributed by atoms with Crippen LogP contribution in [-0.2, 0) is 28.9 Å². The monoisotopic (exact) mass is 311 g/mol. The van der Waals surface area contributed by atoms with Crippen molar-refractivity contribution >= 4 is 17.1 Å². The van der Waals surface area contributed by atoms with E-state index in [-0.39, 0.29) is 11.7 Å². The predicted octanol–water partition coefficient (Wildman–Crippen LogP) is 1.36. The summed E-state index contributed by atoms with van der Waals surface area (Å²) in [5, 5.41) is 0. The van der Waals surface area contributed by atoms with E-state index in [4.69, 9.17) is 9.47 Å². The summed E-state index contributed by atoms with van der Waals surface area (Å²) in [6.07, 6.45) is 2.33. The highest BCUT2D eigenvalue weighted by Gasteiger charge is 2.24. The Balaban J connectivity index is 2.19. The normalized spacial score (nSPS) is 15.3. The molecule has 0 aromatic heterocycles. The van der Waals surface area contributed by atoms with Crippen LogP contribution in [0.1, 0.15) is 18.1 Å². The molecular weight excluding hydrogens is 290 g/mol. The average molecular weight is 311 g/mol. The van der Waals surface area contributed by atoms with Crippen molar-refractivity contribution in [3.05, 3.63) is 23.3 Å². The van der Waals surface area contributed by atoms with Gasteiger partial charge in [-0.25, -0.2) is 0 Å². The molecule has 1 heterocycles. The molecule has 0 aliphatic carbocycles. The molecule has 0 spiro atoms. The molecule has 1 aliphatic rings. The molecule has 0 N–H and O–H groups in total. The van der Waals surface area contributed by atoms with Gasteiger partial charge in [0.15, 0.2) is 17.3 Å². The van der Waals surface area contributed by atoms with Crippen LogP contribution in [-0.4, -0.2) is 47.6 Å². The third-order valence-electron chi connectivity index (χ3n) is 3.48. The van der Waals surface area contributed by atoms with Crippen LogP contribution >= 0.6 is 0 Å². The van der Waals surface area contributed by atoms with Gasteiger partial charge in [0.1, 0.15) is 0 Å². The maximum Gasteiger partial charge on any atom is 0.272 e. The number of amides is 1. The maximum absolute atomic E-state index is 12.0. The lowest BCUT2D eigenvalue weighted by Crippen LogP contribution is -2.39. The van der Waals surface area contributed by atoms with E-state index in [1.54, 1.807) is 18.3 Å². The molecule has 0 saturated carbocycles. The summed E-state index contributed by atoms with van der Waals surface area (Å²) in [7, 11) is 1.62. The van der Waals surface area contributed by atoms with Crippen molar-refractivity contribution in [1.29, 1.82) is 0 Å². The Morgan fingerprint density at radius 2 is 2.10 bits per heavy atom. The van der Waals surface area contributed by atoms with E-state index in [0.29, 0.717) is 25.4 Å². The zero-order valence-electron chi connectivity index (χ0n) is 12.7. The van der Waals surface area contributed by atoms with Gasteiger partial charge in [-0.2, -0.15) is 0 Å². The average Bonchev–Trinajstić information content (AvgIpc) is 2.45. The number of methoxy groups -OCH3 is 1. The summed E-state index contributed by atoms with van der Waals surface area (Å²) in [4.78, 5) is 13.8. The fourth-order valence-corrected chi connectivity index (χ4v) is 3.00. The van der Waals surface area contributed by atoms with Crippen LogP contribution in [0.3, 0.4) is 0 Å². The molecule has 0 fully saturated rings. The highest BCUT2D eigenvalue weighted by atomic mass is 32.2. The van der Waals surface area contributed by atoms with E-state index in [9.17, 15) is 9.35 Å². The molecule has 1 aliphatic heterocycles. The standard InChI is InChI=1S/C15H21NO4S/c1-4-20-14-8-12-9-16(15(17)10-21(3)18)6-5-11(12)7-13(14)19-2/h7-8H,4-6,9-10H2,1-3H3. The van der Waals surface area contributed by atoms with Gasteiger partial charge in [-0.3, -0.25) is 4.79 Å². The number of ether oxygens (including phenoxy) is 2. The van der Waals surface area contributed by atoms with Crippen LogP contribution < -0.4 is 9.47 Å². The van der Waals surface area contributed by atoms with Crippen LogP contribution in [0, 0.1) is 0 Å². The first kappa shape index (κ1) is 16.0. The molecule has 0 radical (unpaired) electrons. The first-order valence-electron chi connectivity index (χ1n) is 6.95. The lowest BCUT2D eigenvalue weighted by molar-refractivity contribution is -0.129. The molecule has 1 aromatic rings.